The van der Waals surface area contributed by atoms with Gasteiger partial charge in [0, 0.05) is 12.1 Å². The molecule has 1 heterocycles. The lowest BCUT2D eigenvalue weighted by molar-refractivity contribution is -0.135. The maximum Gasteiger partial charge on any atom is 0.271 e. The van der Waals surface area contributed by atoms with Crippen LogP contribution >= 0.6 is 0 Å². The first kappa shape index (κ1) is 21.4. The third-order valence-electron chi connectivity index (χ3n) is 5.44. The van der Waals surface area contributed by atoms with E-state index in [2.05, 4.69) is 0 Å². The van der Waals surface area contributed by atoms with Crippen LogP contribution in [0.15, 0.2) is 66.7 Å². The summed E-state index contributed by atoms with van der Waals surface area (Å²) < 4.78 is 27.7. The number of nitrogens with zero attached hydrogens (tertiary/aromatic N) is 1. The molecule has 7 heteroatoms. The second-order valence-electron chi connectivity index (χ2n) is 7.16. The number of hydrogen-bond acceptors (Lipinski definition) is 6. The number of hydrogen-bond donors (Lipinski definition) is 0. The summed E-state index contributed by atoms with van der Waals surface area (Å²) >= 11 is 0. The third-order valence-corrected chi connectivity index (χ3v) is 5.44. The monoisotopic (exact) mass is 435 g/mol. The zero-order valence-electron chi connectivity index (χ0n) is 18.4. The molecule has 1 aliphatic rings. The van der Waals surface area contributed by atoms with Crippen LogP contribution in [0.25, 0.3) is 0 Å². The molecule has 7 nitrogen and oxygen atoms in total. The van der Waals surface area contributed by atoms with Crippen LogP contribution in [0.1, 0.15) is 11.6 Å². The SMILES string of the molecule is COc1ccc([C@@H]2[C@@H](Oc3ccccc3)C(=O)N2c2cc(OC)c(OC)c(OC)c2)cc1. The van der Waals surface area contributed by atoms with Gasteiger partial charge in [-0.1, -0.05) is 30.3 Å². The highest BCUT2D eigenvalue weighted by Gasteiger charge is 2.51. The molecule has 0 saturated carbocycles. The molecule has 3 aromatic carbocycles. The van der Waals surface area contributed by atoms with Crippen LogP contribution < -0.4 is 28.6 Å². The predicted molar refractivity (Wildman–Crippen MR) is 120 cm³/mol. The number of methoxy groups -OCH3 is 4. The second-order valence-corrected chi connectivity index (χ2v) is 7.16. The van der Waals surface area contributed by atoms with E-state index < -0.39 is 6.10 Å². The largest absolute Gasteiger partial charge is 0.497 e. The van der Waals surface area contributed by atoms with Gasteiger partial charge < -0.3 is 23.7 Å². The number of β-lactam (4-membered cyclic amide) rings is 1. The number of para-hydroxylation sites is 1. The van der Waals surface area contributed by atoms with Crippen molar-refractivity contribution in [3.8, 4) is 28.7 Å². The average molecular weight is 435 g/mol. The molecule has 0 N–H and O–H groups in total. The Hall–Kier alpha value is -3.87. The van der Waals surface area contributed by atoms with E-state index in [0.717, 1.165) is 11.3 Å². The molecule has 1 amide bonds. The highest BCUT2D eigenvalue weighted by atomic mass is 16.5. The molecule has 166 valence electrons. The van der Waals surface area contributed by atoms with Gasteiger partial charge >= 0.3 is 0 Å². The zero-order chi connectivity index (χ0) is 22.7. The van der Waals surface area contributed by atoms with E-state index in [1.165, 1.54) is 0 Å². The minimum Gasteiger partial charge on any atom is -0.497 e. The van der Waals surface area contributed by atoms with Crippen LogP contribution in [0.4, 0.5) is 5.69 Å². The van der Waals surface area contributed by atoms with Gasteiger partial charge in [-0.05, 0) is 29.8 Å². The Morgan fingerprint density at radius 1 is 0.719 bits per heavy atom. The van der Waals surface area contributed by atoms with E-state index in [1.807, 2.05) is 54.6 Å². The normalized spacial score (nSPS) is 17.4. The number of amides is 1. The second kappa shape index (κ2) is 9.09. The van der Waals surface area contributed by atoms with Gasteiger partial charge in [-0.3, -0.25) is 9.69 Å². The smallest absolute Gasteiger partial charge is 0.271 e. The summed E-state index contributed by atoms with van der Waals surface area (Å²) in [7, 11) is 6.24. The number of benzene rings is 3. The van der Waals surface area contributed by atoms with Crippen LogP contribution in [0.5, 0.6) is 28.7 Å². The summed E-state index contributed by atoms with van der Waals surface area (Å²) in [4.78, 5) is 15.0. The van der Waals surface area contributed by atoms with Crippen molar-refractivity contribution in [1.82, 2.24) is 0 Å². The molecule has 0 radical (unpaired) electrons. The van der Waals surface area contributed by atoms with Crippen LogP contribution in [0, 0.1) is 0 Å². The van der Waals surface area contributed by atoms with E-state index in [4.69, 9.17) is 23.7 Å². The topological polar surface area (TPSA) is 66.5 Å². The fourth-order valence-corrected chi connectivity index (χ4v) is 3.84. The molecule has 1 aliphatic heterocycles. The summed E-state index contributed by atoms with van der Waals surface area (Å²) in [5, 5.41) is 0. The van der Waals surface area contributed by atoms with Gasteiger partial charge in [-0.2, -0.15) is 0 Å². The van der Waals surface area contributed by atoms with Gasteiger partial charge in [-0.15, -0.1) is 0 Å². The highest BCUT2D eigenvalue weighted by molar-refractivity contribution is 6.05. The number of ether oxygens (including phenoxy) is 5. The van der Waals surface area contributed by atoms with Crippen LogP contribution in [-0.2, 0) is 4.79 Å². The van der Waals surface area contributed by atoms with E-state index in [1.54, 1.807) is 45.5 Å². The van der Waals surface area contributed by atoms with Gasteiger partial charge in [0.15, 0.2) is 11.5 Å². The lowest BCUT2D eigenvalue weighted by Gasteiger charge is -2.46. The van der Waals surface area contributed by atoms with Crippen molar-refractivity contribution >= 4 is 11.6 Å². The Labute approximate surface area is 187 Å². The Morgan fingerprint density at radius 3 is 1.88 bits per heavy atom. The molecule has 0 aliphatic carbocycles. The van der Waals surface area contributed by atoms with Gasteiger partial charge in [0.25, 0.3) is 5.91 Å². The molecule has 0 unspecified atom stereocenters. The van der Waals surface area contributed by atoms with Crippen LogP contribution in [0.2, 0.25) is 0 Å². The average Bonchev–Trinajstić information content (AvgIpc) is 2.85. The van der Waals surface area contributed by atoms with Crippen molar-refractivity contribution in [2.75, 3.05) is 33.3 Å². The highest BCUT2D eigenvalue weighted by Crippen LogP contribution is 2.47. The van der Waals surface area contributed by atoms with E-state index >= 15 is 0 Å². The number of carbonyl (C=O) groups excluding carboxylic acids is 1. The minimum absolute atomic E-state index is 0.163. The van der Waals surface area contributed by atoms with Gasteiger partial charge in [0.1, 0.15) is 17.5 Å². The Kier molecular flexibility index (Phi) is 6.07. The number of rotatable bonds is 8. The minimum atomic E-state index is -0.676. The van der Waals surface area contributed by atoms with Gasteiger partial charge in [-0.25, -0.2) is 0 Å². The van der Waals surface area contributed by atoms with Crippen molar-refractivity contribution in [3.05, 3.63) is 72.3 Å². The molecule has 32 heavy (non-hydrogen) atoms. The maximum atomic E-state index is 13.3. The lowest BCUT2D eigenvalue weighted by atomic mass is 9.89. The fraction of sp³-hybridized carbons (Fsp3) is 0.240. The molecule has 1 fully saturated rings. The van der Waals surface area contributed by atoms with Crippen molar-refractivity contribution < 1.29 is 28.5 Å². The summed E-state index contributed by atoms with van der Waals surface area (Å²) in [5.41, 5.74) is 1.54. The zero-order valence-corrected chi connectivity index (χ0v) is 18.4. The van der Waals surface area contributed by atoms with E-state index in [0.29, 0.717) is 28.7 Å². The van der Waals surface area contributed by atoms with Gasteiger partial charge in [0.05, 0.1) is 34.1 Å². The molecule has 4 rings (SSSR count). The van der Waals surface area contributed by atoms with E-state index in [-0.39, 0.29) is 11.9 Å². The molecule has 0 bridgehead atoms. The first-order chi connectivity index (χ1) is 15.6. The summed E-state index contributed by atoms with van der Waals surface area (Å²) in [6, 6.07) is 20.1. The molecule has 0 spiro atoms. The third kappa shape index (κ3) is 3.77. The number of carbonyl (C=O) groups is 1. The fourth-order valence-electron chi connectivity index (χ4n) is 3.84. The van der Waals surface area contributed by atoms with Crippen LogP contribution in [0.3, 0.4) is 0 Å². The molecule has 1 saturated heterocycles. The molecule has 2 atom stereocenters. The molecule has 0 aromatic heterocycles. The summed E-state index contributed by atoms with van der Waals surface area (Å²) in [6.07, 6.45) is -0.676. The Morgan fingerprint density at radius 2 is 1.34 bits per heavy atom. The van der Waals surface area contributed by atoms with Gasteiger partial charge in [0.2, 0.25) is 11.9 Å². The maximum absolute atomic E-state index is 13.3. The molecular formula is C25H25NO6. The lowest BCUT2D eigenvalue weighted by Crippen LogP contribution is -2.61. The Bertz CT molecular complexity index is 1060. The van der Waals surface area contributed by atoms with Crippen LogP contribution in [-0.4, -0.2) is 40.5 Å². The first-order valence-electron chi connectivity index (χ1n) is 10.1. The summed E-state index contributed by atoms with van der Waals surface area (Å²) in [5.74, 6) is 2.60. The Balaban J connectivity index is 1.75. The van der Waals surface area contributed by atoms with Crippen molar-refractivity contribution in [1.29, 1.82) is 0 Å². The first-order valence-corrected chi connectivity index (χ1v) is 10.1. The molecular weight excluding hydrogens is 410 g/mol. The van der Waals surface area contributed by atoms with Crippen molar-refractivity contribution in [2.24, 2.45) is 0 Å². The van der Waals surface area contributed by atoms with E-state index in [9.17, 15) is 4.79 Å². The molecule has 3 aromatic rings. The number of anilines is 1. The predicted octanol–water partition coefficient (Wildman–Crippen LogP) is 4.26. The van der Waals surface area contributed by atoms with Crippen molar-refractivity contribution in [3.63, 3.8) is 0 Å². The van der Waals surface area contributed by atoms with Crippen molar-refractivity contribution in [2.45, 2.75) is 12.1 Å². The quantitative estimate of drug-likeness (QED) is 0.493. The standard InChI is InChI=1S/C25H25NO6/c1-28-18-12-10-16(11-13-18)22-24(32-19-8-6-5-7-9-19)25(27)26(22)17-14-20(29-2)23(31-4)21(15-17)30-3/h5-15,22,24H,1-4H3/t22-,24-/m1/s1. The summed E-state index contributed by atoms with van der Waals surface area (Å²) in [6.45, 7) is 0.